The van der Waals surface area contributed by atoms with E-state index in [4.69, 9.17) is 14.5 Å². The van der Waals surface area contributed by atoms with Gasteiger partial charge in [0.15, 0.2) is 5.13 Å². The van der Waals surface area contributed by atoms with Crippen LogP contribution in [0.5, 0.6) is 5.75 Å². The van der Waals surface area contributed by atoms with Crippen LogP contribution in [0.1, 0.15) is 23.8 Å². The first kappa shape index (κ1) is 20.8. The van der Waals surface area contributed by atoms with Gasteiger partial charge in [-0.05, 0) is 31.5 Å². The highest BCUT2D eigenvalue weighted by Crippen LogP contribution is 2.34. The average Bonchev–Trinajstić information content (AvgIpc) is 3.38. The molecular weight excluding hydrogens is 402 g/mol. The van der Waals surface area contributed by atoms with E-state index in [0.717, 1.165) is 55.2 Å². The van der Waals surface area contributed by atoms with Crippen molar-refractivity contribution in [2.75, 3.05) is 50.9 Å². The summed E-state index contributed by atoms with van der Waals surface area (Å²) >= 11 is 1.51. The van der Waals surface area contributed by atoms with E-state index in [1.54, 1.807) is 28.9 Å². The number of rotatable bonds is 8. The van der Waals surface area contributed by atoms with Crippen LogP contribution in [0.3, 0.4) is 0 Å². The molecule has 0 bridgehead atoms. The summed E-state index contributed by atoms with van der Waals surface area (Å²) in [5.74, 6) is 0.660. The quantitative estimate of drug-likeness (QED) is 0.548. The number of benzene rings is 1. The van der Waals surface area contributed by atoms with Crippen molar-refractivity contribution in [1.29, 1.82) is 0 Å². The molecule has 0 saturated carbocycles. The second-order valence-electron chi connectivity index (χ2n) is 7.14. The van der Waals surface area contributed by atoms with Crippen molar-refractivity contribution >= 4 is 32.6 Å². The number of fused-ring (bicyclic) bond motifs is 1. The molecule has 0 atom stereocenters. The monoisotopic (exact) mass is 429 g/mol. The highest BCUT2D eigenvalue weighted by molar-refractivity contribution is 7.22. The van der Waals surface area contributed by atoms with E-state index in [9.17, 15) is 4.79 Å². The predicted molar refractivity (Wildman–Crippen MR) is 118 cm³/mol. The van der Waals surface area contributed by atoms with Crippen LogP contribution in [0, 0.1) is 0 Å². The van der Waals surface area contributed by atoms with E-state index in [1.807, 2.05) is 25.1 Å². The van der Waals surface area contributed by atoms with Gasteiger partial charge in [-0.3, -0.25) is 19.3 Å². The number of anilines is 1. The second-order valence-corrected chi connectivity index (χ2v) is 8.15. The lowest BCUT2D eigenvalue weighted by atomic mass is 10.3. The Hall–Kier alpha value is -2.49. The zero-order chi connectivity index (χ0) is 20.9. The summed E-state index contributed by atoms with van der Waals surface area (Å²) in [6.45, 7) is 7.46. The average molecular weight is 430 g/mol. The predicted octanol–water partition coefficient (Wildman–Crippen LogP) is 2.80. The summed E-state index contributed by atoms with van der Waals surface area (Å²) in [5.41, 5.74) is 1.35. The Labute approximate surface area is 180 Å². The van der Waals surface area contributed by atoms with Crippen molar-refractivity contribution in [3.05, 3.63) is 36.2 Å². The van der Waals surface area contributed by atoms with E-state index in [1.165, 1.54) is 11.3 Å². The second kappa shape index (κ2) is 9.55. The molecule has 0 unspecified atom stereocenters. The number of aryl methyl sites for hydroxylation is 1. The molecule has 1 fully saturated rings. The fourth-order valence-corrected chi connectivity index (χ4v) is 4.59. The smallest absolute Gasteiger partial charge is 0.278 e. The minimum atomic E-state index is -0.0889. The molecule has 0 N–H and O–H groups in total. The van der Waals surface area contributed by atoms with E-state index < -0.39 is 0 Å². The lowest BCUT2D eigenvalue weighted by molar-refractivity contribution is 0.0376. The van der Waals surface area contributed by atoms with Gasteiger partial charge in [0, 0.05) is 39.4 Å². The molecule has 1 saturated heterocycles. The third-order valence-electron chi connectivity index (χ3n) is 5.15. The molecule has 1 amide bonds. The molecule has 30 heavy (non-hydrogen) atoms. The van der Waals surface area contributed by atoms with Crippen LogP contribution in [0.4, 0.5) is 5.13 Å². The highest BCUT2D eigenvalue weighted by Gasteiger charge is 2.24. The Balaban J connectivity index is 1.59. The molecule has 8 nitrogen and oxygen atoms in total. The van der Waals surface area contributed by atoms with Gasteiger partial charge in [-0.1, -0.05) is 17.4 Å². The van der Waals surface area contributed by atoms with Crippen molar-refractivity contribution in [1.82, 2.24) is 19.7 Å². The molecule has 0 radical (unpaired) electrons. The normalized spacial score (nSPS) is 14.9. The lowest BCUT2D eigenvalue weighted by Crippen LogP contribution is -2.39. The van der Waals surface area contributed by atoms with Crippen LogP contribution in [0.25, 0.3) is 10.2 Å². The molecule has 9 heteroatoms. The number of thiazole rings is 1. The number of nitrogens with zero attached hydrogens (tertiary/aromatic N) is 5. The molecule has 3 heterocycles. The fourth-order valence-electron chi connectivity index (χ4n) is 3.58. The zero-order valence-corrected chi connectivity index (χ0v) is 18.2. The van der Waals surface area contributed by atoms with Gasteiger partial charge < -0.3 is 9.47 Å². The van der Waals surface area contributed by atoms with Gasteiger partial charge in [0.25, 0.3) is 5.91 Å². The SMILES string of the molecule is CCOc1cccc2sc(N(CCCN3CCOCC3)C(=O)c3ccnn3C)nc12. The minimum Gasteiger partial charge on any atom is -0.492 e. The molecule has 4 rings (SSSR count). The number of hydrogen-bond acceptors (Lipinski definition) is 7. The molecule has 3 aromatic rings. The lowest BCUT2D eigenvalue weighted by Gasteiger charge is -2.27. The fraction of sp³-hybridized carbons (Fsp3) is 0.476. The van der Waals surface area contributed by atoms with Crippen molar-refractivity contribution in [3.8, 4) is 5.75 Å². The molecule has 1 aromatic carbocycles. The van der Waals surface area contributed by atoms with Crippen LogP contribution >= 0.6 is 11.3 Å². The maximum Gasteiger partial charge on any atom is 0.278 e. The molecule has 1 aliphatic rings. The Morgan fingerprint density at radius 1 is 1.30 bits per heavy atom. The van der Waals surface area contributed by atoms with Gasteiger partial charge >= 0.3 is 0 Å². The van der Waals surface area contributed by atoms with Gasteiger partial charge in [-0.25, -0.2) is 4.98 Å². The summed E-state index contributed by atoms with van der Waals surface area (Å²) in [5, 5.41) is 4.84. The Morgan fingerprint density at radius 2 is 2.13 bits per heavy atom. The van der Waals surface area contributed by atoms with E-state index >= 15 is 0 Å². The number of hydrogen-bond donors (Lipinski definition) is 0. The van der Waals surface area contributed by atoms with Crippen LogP contribution in [0.15, 0.2) is 30.5 Å². The summed E-state index contributed by atoms with van der Waals surface area (Å²) in [4.78, 5) is 22.3. The molecule has 160 valence electrons. The molecule has 0 spiro atoms. The highest BCUT2D eigenvalue weighted by atomic mass is 32.1. The summed E-state index contributed by atoms with van der Waals surface area (Å²) in [7, 11) is 1.78. The number of carbonyl (C=O) groups is 1. The van der Waals surface area contributed by atoms with Gasteiger partial charge in [0.1, 0.15) is 17.0 Å². The number of morpholine rings is 1. The maximum absolute atomic E-state index is 13.4. The van der Waals surface area contributed by atoms with Crippen LogP contribution in [-0.4, -0.2) is 71.6 Å². The summed E-state index contributed by atoms with van der Waals surface area (Å²) in [6, 6.07) is 7.64. The van der Waals surface area contributed by atoms with Gasteiger partial charge in [-0.2, -0.15) is 5.10 Å². The first-order valence-electron chi connectivity index (χ1n) is 10.3. The molecule has 0 aliphatic carbocycles. The Bertz CT molecular complexity index is 996. The van der Waals surface area contributed by atoms with Crippen molar-refractivity contribution in [2.45, 2.75) is 13.3 Å². The number of ether oxygens (including phenoxy) is 2. The topological polar surface area (TPSA) is 72.7 Å². The maximum atomic E-state index is 13.4. The van der Waals surface area contributed by atoms with Crippen molar-refractivity contribution < 1.29 is 14.3 Å². The summed E-state index contributed by atoms with van der Waals surface area (Å²) in [6.07, 6.45) is 2.50. The van der Waals surface area contributed by atoms with Crippen LogP contribution < -0.4 is 9.64 Å². The standard InChI is InChI=1S/C21H27N5O3S/c1-3-29-17-6-4-7-18-19(17)23-21(30-18)26(20(27)16-8-9-22-24(16)2)11-5-10-25-12-14-28-15-13-25/h4,6-9H,3,5,10-15H2,1-2H3. The van der Waals surface area contributed by atoms with Crippen molar-refractivity contribution in [3.63, 3.8) is 0 Å². The van der Waals surface area contributed by atoms with E-state index in [2.05, 4.69) is 10.00 Å². The van der Waals surface area contributed by atoms with Crippen molar-refractivity contribution in [2.24, 2.45) is 7.05 Å². The Morgan fingerprint density at radius 3 is 2.87 bits per heavy atom. The summed E-state index contributed by atoms with van der Waals surface area (Å²) < 4.78 is 13.8. The number of carbonyl (C=O) groups excluding carboxylic acids is 1. The number of aromatic nitrogens is 3. The van der Waals surface area contributed by atoms with Gasteiger partial charge in [0.2, 0.25) is 0 Å². The Kier molecular flexibility index (Phi) is 6.61. The minimum absolute atomic E-state index is 0.0889. The number of para-hydroxylation sites is 1. The zero-order valence-electron chi connectivity index (χ0n) is 17.4. The largest absolute Gasteiger partial charge is 0.492 e. The molecule has 2 aromatic heterocycles. The van der Waals surface area contributed by atoms with Gasteiger partial charge in [-0.15, -0.1) is 0 Å². The first-order valence-corrected chi connectivity index (χ1v) is 11.1. The van der Waals surface area contributed by atoms with Crippen LogP contribution in [0.2, 0.25) is 0 Å². The van der Waals surface area contributed by atoms with Crippen LogP contribution in [-0.2, 0) is 11.8 Å². The van der Waals surface area contributed by atoms with E-state index in [0.29, 0.717) is 24.0 Å². The number of amides is 1. The third kappa shape index (κ3) is 4.48. The third-order valence-corrected chi connectivity index (χ3v) is 6.19. The molecule has 1 aliphatic heterocycles. The molecular formula is C21H27N5O3S. The first-order chi connectivity index (χ1) is 14.7. The van der Waals surface area contributed by atoms with Gasteiger partial charge in [0.05, 0.1) is 24.5 Å². The van der Waals surface area contributed by atoms with E-state index in [-0.39, 0.29) is 5.91 Å².